The van der Waals surface area contributed by atoms with Gasteiger partial charge in [-0.25, -0.2) is 0 Å². The smallest absolute Gasteiger partial charge is 0.286 e. The molecule has 0 spiro atoms. The third-order valence-corrected chi connectivity index (χ3v) is 3.31. The molecule has 0 aliphatic carbocycles. The number of rotatable bonds is 2. The summed E-state index contributed by atoms with van der Waals surface area (Å²) < 4.78 is 1.73. The van der Waals surface area contributed by atoms with Crippen molar-refractivity contribution < 1.29 is 4.79 Å². The van der Waals surface area contributed by atoms with Gasteiger partial charge in [-0.05, 0) is 55.4 Å². The standard InChI is InChI=1S/C15H18N4OS/c1-10-6-7-11(2)12(9-10)16-15(21)18-17-14(20)13-5-4-8-19(13)3/h4-9H,1-3H3,(H,17,20)(H2,16,18,21). The number of carbonyl (C=O) groups excluding carboxylic acids is 1. The molecule has 0 unspecified atom stereocenters. The van der Waals surface area contributed by atoms with Crippen molar-refractivity contribution in [3.63, 3.8) is 0 Å². The number of hydrogen-bond acceptors (Lipinski definition) is 2. The van der Waals surface area contributed by atoms with Crippen LogP contribution in [0.1, 0.15) is 21.6 Å². The molecule has 2 aromatic rings. The lowest BCUT2D eigenvalue weighted by molar-refractivity contribution is 0.0936. The van der Waals surface area contributed by atoms with Crippen LogP contribution in [0.5, 0.6) is 0 Å². The zero-order valence-electron chi connectivity index (χ0n) is 12.2. The van der Waals surface area contributed by atoms with E-state index in [2.05, 4.69) is 16.2 Å². The Morgan fingerprint density at radius 3 is 2.62 bits per heavy atom. The maximum absolute atomic E-state index is 11.9. The fourth-order valence-electron chi connectivity index (χ4n) is 1.90. The molecule has 1 heterocycles. The van der Waals surface area contributed by atoms with Gasteiger partial charge in [0.15, 0.2) is 5.11 Å². The normalized spacial score (nSPS) is 10.0. The second-order valence-electron chi connectivity index (χ2n) is 4.86. The van der Waals surface area contributed by atoms with Crippen LogP contribution in [0.25, 0.3) is 0 Å². The molecular formula is C15H18N4OS. The molecule has 1 aromatic carbocycles. The number of nitrogens with zero attached hydrogens (tertiary/aromatic N) is 1. The summed E-state index contributed by atoms with van der Waals surface area (Å²) in [5.41, 5.74) is 8.96. The number of carbonyl (C=O) groups is 1. The maximum Gasteiger partial charge on any atom is 0.286 e. The van der Waals surface area contributed by atoms with Crippen LogP contribution in [0.3, 0.4) is 0 Å². The Hall–Kier alpha value is -2.34. The van der Waals surface area contributed by atoms with E-state index in [1.807, 2.05) is 51.4 Å². The number of aromatic nitrogens is 1. The number of aryl methyl sites for hydroxylation is 3. The minimum Gasteiger partial charge on any atom is -0.347 e. The summed E-state index contributed by atoms with van der Waals surface area (Å²) in [4.78, 5) is 11.9. The van der Waals surface area contributed by atoms with Gasteiger partial charge in [-0.3, -0.25) is 15.6 Å². The van der Waals surface area contributed by atoms with Crippen LogP contribution in [-0.4, -0.2) is 15.6 Å². The largest absolute Gasteiger partial charge is 0.347 e. The second kappa shape index (κ2) is 6.41. The van der Waals surface area contributed by atoms with Gasteiger partial charge in [0.1, 0.15) is 5.69 Å². The summed E-state index contributed by atoms with van der Waals surface area (Å²) in [6.45, 7) is 4.01. The molecule has 0 fully saturated rings. The van der Waals surface area contributed by atoms with Crippen molar-refractivity contribution in [1.29, 1.82) is 0 Å². The van der Waals surface area contributed by atoms with Gasteiger partial charge in [0.2, 0.25) is 0 Å². The Morgan fingerprint density at radius 1 is 1.19 bits per heavy atom. The van der Waals surface area contributed by atoms with Gasteiger partial charge in [-0.2, -0.15) is 0 Å². The summed E-state index contributed by atoms with van der Waals surface area (Å²) >= 11 is 5.18. The minimum absolute atomic E-state index is 0.243. The third kappa shape index (κ3) is 3.82. The first-order valence-corrected chi connectivity index (χ1v) is 6.94. The van der Waals surface area contributed by atoms with Crippen molar-refractivity contribution in [1.82, 2.24) is 15.4 Å². The second-order valence-corrected chi connectivity index (χ2v) is 5.26. The van der Waals surface area contributed by atoms with Crippen molar-refractivity contribution in [2.45, 2.75) is 13.8 Å². The van der Waals surface area contributed by atoms with Crippen LogP contribution in [0.4, 0.5) is 5.69 Å². The molecule has 6 heteroatoms. The quantitative estimate of drug-likeness (QED) is 0.588. The molecule has 2 rings (SSSR count). The first kappa shape index (κ1) is 15.1. The SMILES string of the molecule is Cc1ccc(C)c(NC(=S)NNC(=O)c2cccn2C)c1. The molecule has 110 valence electrons. The zero-order valence-corrected chi connectivity index (χ0v) is 13.0. The number of amides is 1. The summed E-state index contributed by atoms with van der Waals surface area (Å²) in [5.74, 6) is -0.243. The highest BCUT2D eigenvalue weighted by Crippen LogP contribution is 2.15. The Balaban J connectivity index is 1.92. The van der Waals surface area contributed by atoms with E-state index in [0.29, 0.717) is 10.8 Å². The molecule has 5 nitrogen and oxygen atoms in total. The van der Waals surface area contributed by atoms with Crippen molar-refractivity contribution in [2.75, 3.05) is 5.32 Å². The average Bonchev–Trinajstić information content (AvgIpc) is 2.86. The Labute approximate surface area is 129 Å². The number of hydrogen-bond donors (Lipinski definition) is 3. The van der Waals surface area contributed by atoms with Crippen molar-refractivity contribution >= 4 is 28.9 Å². The van der Waals surface area contributed by atoms with Gasteiger partial charge in [0.25, 0.3) is 5.91 Å². The highest BCUT2D eigenvalue weighted by atomic mass is 32.1. The van der Waals surface area contributed by atoms with Crippen LogP contribution >= 0.6 is 12.2 Å². The predicted molar refractivity (Wildman–Crippen MR) is 88.2 cm³/mol. The predicted octanol–water partition coefficient (Wildman–Crippen LogP) is 2.27. The molecule has 0 saturated carbocycles. The van der Waals surface area contributed by atoms with Crippen molar-refractivity contribution in [3.05, 3.63) is 53.3 Å². The zero-order chi connectivity index (χ0) is 15.4. The van der Waals surface area contributed by atoms with E-state index in [9.17, 15) is 4.79 Å². The number of thiocarbonyl (C=S) groups is 1. The average molecular weight is 302 g/mol. The van der Waals surface area contributed by atoms with E-state index >= 15 is 0 Å². The molecule has 0 radical (unpaired) electrons. The van der Waals surface area contributed by atoms with Gasteiger partial charge in [-0.15, -0.1) is 0 Å². The number of benzene rings is 1. The molecule has 0 aliphatic heterocycles. The molecule has 1 aromatic heterocycles. The fraction of sp³-hybridized carbons (Fsp3) is 0.200. The van der Waals surface area contributed by atoms with E-state index in [0.717, 1.165) is 16.8 Å². The number of nitrogens with one attached hydrogen (secondary N) is 3. The molecule has 0 saturated heterocycles. The van der Waals surface area contributed by atoms with E-state index < -0.39 is 0 Å². The number of hydrazine groups is 1. The fourth-order valence-corrected chi connectivity index (χ4v) is 2.06. The summed E-state index contributed by atoms with van der Waals surface area (Å²) in [6, 6.07) is 9.60. The molecule has 0 atom stereocenters. The van der Waals surface area contributed by atoms with Crippen LogP contribution in [0, 0.1) is 13.8 Å². The molecule has 21 heavy (non-hydrogen) atoms. The van der Waals surface area contributed by atoms with Gasteiger partial charge < -0.3 is 9.88 Å². The van der Waals surface area contributed by atoms with Crippen LogP contribution < -0.4 is 16.2 Å². The van der Waals surface area contributed by atoms with Gasteiger partial charge in [0, 0.05) is 18.9 Å². The highest BCUT2D eigenvalue weighted by molar-refractivity contribution is 7.80. The van der Waals surface area contributed by atoms with E-state index in [-0.39, 0.29) is 5.91 Å². The summed E-state index contributed by atoms with van der Waals surface area (Å²) in [7, 11) is 1.81. The van der Waals surface area contributed by atoms with Crippen LogP contribution in [0.15, 0.2) is 36.5 Å². The van der Waals surface area contributed by atoms with Gasteiger partial charge in [-0.1, -0.05) is 12.1 Å². The van der Waals surface area contributed by atoms with Crippen molar-refractivity contribution in [2.24, 2.45) is 7.05 Å². The molecular weight excluding hydrogens is 284 g/mol. The molecule has 0 bridgehead atoms. The Morgan fingerprint density at radius 2 is 1.95 bits per heavy atom. The van der Waals surface area contributed by atoms with E-state index in [1.54, 1.807) is 10.6 Å². The Kier molecular flexibility index (Phi) is 4.59. The topological polar surface area (TPSA) is 58.1 Å². The lowest BCUT2D eigenvalue weighted by Crippen LogP contribution is -2.44. The van der Waals surface area contributed by atoms with Crippen molar-refractivity contribution in [3.8, 4) is 0 Å². The minimum atomic E-state index is -0.243. The molecule has 1 amide bonds. The van der Waals surface area contributed by atoms with Crippen LogP contribution in [0.2, 0.25) is 0 Å². The summed E-state index contributed by atoms with van der Waals surface area (Å²) in [6.07, 6.45) is 1.81. The van der Waals surface area contributed by atoms with Crippen LogP contribution in [-0.2, 0) is 7.05 Å². The molecule has 3 N–H and O–H groups in total. The van der Waals surface area contributed by atoms with E-state index in [4.69, 9.17) is 12.2 Å². The maximum atomic E-state index is 11.9. The lowest BCUT2D eigenvalue weighted by atomic mass is 10.1. The lowest BCUT2D eigenvalue weighted by Gasteiger charge is -2.14. The Bertz CT molecular complexity index is 678. The third-order valence-electron chi connectivity index (χ3n) is 3.11. The number of anilines is 1. The van der Waals surface area contributed by atoms with Gasteiger partial charge >= 0.3 is 0 Å². The van der Waals surface area contributed by atoms with E-state index in [1.165, 1.54) is 0 Å². The highest BCUT2D eigenvalue weighted by Gasteiger charge is 2.09. The summed E-state index contributed by atoms with van der Waals surface area (Å²) in [5, 5.41) is 3.40. The van der Waals surface area contributed by atoms with Gasteiger partial charge in [0.05, 0.1) is 0 Å². The molecule has 0 aliphatic rings. The monoisotopic (exact) mass is 302 g/mol. The first-order chi connectivity index (χ1) is 9.97. The first-order valence-electron chi connectivity index (χ1n) is 6.53.